The molecular formula is C27H33N5O5. The minimum absolute atomic E-state index is 0.0259. The SMILES string of the molecule is CCOC(=O)N1CCN(C(=O)[C@@H]2Cc3cc([N+](=O)[O-])ccc3N3CCN(Cc4ccccc4)C[C@H]23)CC1. The second-order valence-corrected chi connectivity index (χ2v) is 9.87. The number of benzene rings is 2. The number of carbonyl (C=O) groups excluding carboxylic acids is 2. The van der Waals surface area contributed by atoms with Gasteiger partial charge in [0.05, 0.1) is 23.5 Å². The number of carbonyl (C=O) groups is 2. The molecule has 3 aliphatic heterocycles. The zero-order chi connectivity index (χ0) is 25.9. The van der Waals surface area contributed by atoms with Gasteiger partial charge in [-0.2, -0.15) is 0 Å². The first-order chi connectivity index (χ1) is 17.9. The van der Waals surface area contributed by atoms with Crippen LogP contribution in [0.25, 0.3) is 0 Å². The van der Waals surface area contributed by atoms with Gasteiger partial charge in [-0.3, -0.25) is 19.8 Å². The lowest BCUT2D eigenvalue weighted by Gasteiger charge is -2.50. The van der Waals surface area contributed by atoms with E-state index in [0.717, 1.165) is 37.4 Å². The van der Waals surface area contributed by atoms with Crippen LogP contribution in [0.4, 0.5) is 16.2 Å². The van der Waals surface area contributed by atoms with Gasteiger partial charge in [0.15, 0.2) is 0 Å². The molecule has 5 rings (SSSR count). The maximum absolute atomic E-state index is 13.9. The van der Waals surface area contributed by atoms with Crippen molar-refractivity contribution in [2.24, 2.45) is 5.92 Å². The highest BCUT2D eigenvalue weighted by Gasteiger charge is 2.43. The lowest BCUT2D eigenvalue weighted by Crippen LogP contribution is -2.62. The third-order valence-corrected chi connectivity index (χ3v) is 7.67. The lowest BCUT2D eigenvalue weighted by molar-refractivity contribution is -0.384. The molecule has 0 saturated carbocycles. The first kappa shape index (κ1) is 25.0. The maximum atomic E-state index is 13.9. The van der Waals surface area contributed by atoms with E-state index in [1.807, 2.05) is 29.2 Å². The molecule has 10 heteroatoms. The van der Waals surface area contributed by atoms with E-state index in [9.17, 15) is 19.7 Å². The fourth-order valence-electron chi connectivity index (χ4n) is 5.81. The van der Waals surface area contributed by atoms with Crippen LogP contribution in [0.1, 0.15) is 18.1 Å². The average Bonchev–Trinajstić information content (AvgIpc) is 2.92. The van der Waals surface area contributed by atoms with Crippen LogP contribution in [0.5, 0.6) is 0 Å². The van der Waals surface area contributed by atoms with Crippen molar-refractivity contribution in [3.05, 3.63) is 69.8 Å². The first-order valence-electron chi connectivity index (χ1n) is 13.0. The molecule has 0 N–H and O–H groups in total. The lowest BCUT2D eigenvalue weighted by atomic mass is 9.82. The Labute approximate surface area is 216 Å². The Kier molecular flexibility index (Phi) is 7.27. The molecule has 2 fully saturated rings. The largest absolute Gasteiger partial charge is 0.450 e. The standard InChI is InChI=1S/C27H33N5O5/c1-2-37-27(34)30-13-11-29(12-14-30)26(33)23-17-21-16-22(32(35)36)8-9-24(21)31-15-10-28(19-25(23)31)18-20-6-4-3-5-7-20/h3-9,16,23,25H,2,10-15,17-19H2,1H3/t23-,25-/m1/s1. The fraction of sp³-hybridized carbons (Fsp3) is 0.481. The van der Waals surface area contributed by atoms with Gasteiger partial charge in [-0.15, -0.1) is 0 Å². The summed E-state index contributed by atoms with van der Waals surface area (Å²) in [5, 5.41) is 11.4. The molecule has 0 aliphatic carbocycles. The van der Waals surface area contributed by atoms with Crippen molar-refractivity contribution in [1.29, 1.82) is 0 Å². The van der Waals surface area contributed by atoms with Crippen molar-refractivity contribution >= 4 is 23.4 Å². The van der Waals surface area contributed by atoms with E-state index in [1.54, 1.807) is 24.0 Å². The van der Waals surface area contributed by atoms with E-state index in [-0.39, 0.29) is 34.6 Å². The van der Waals surface area contributed by atoms with Gasteiger partial charge in [0.2, 0.25) is 5.91 Å². The molecule has 2 saturated heterocycles. The smallest absolute Gasteiger partial charge is 0.409 e. The molecule has 10 nitrogen and oxygen atoms in total. The second kappa shape index (κ2) is 10.8. The Balaban J connectivity index is 1.37. The van der Waals surface area contributed by atoms with Crippen LogP contribution in [-0.2, 0) is 22.5 Å². The topological polar surface area (TPSA) is 99.5 Å². The summed E-state index contributed by atoms with van der Waals surface area (Å²) in [7, 11) is 0. The Morgan fingerprint density at radius 2 is 1.73 bits per heavy atom. The third-order valence-electron chi connectivity index (χ3n) is 7.67. The molecule has 3 heterocycles. The van der Waals surface area contributed by atoms with Gasteiger partial charge in [0.25, 0.3) is 5.69 Å². The molecule has 2 aromatic rings. The van der Waals surface area contributed by atoms with Crippen LogP contribution >= 0.6 is 0 Å². The van der Waals surface area contributed by atoms with Crippen LogP contribution in [0, 0.1) is 16.0 Å². The Morgan fingerprint density at radius 1 is 1.00 bits per heavy atom. The van der Waals surface area contributed by atoms with Crippen LogP contribution in [0.3, 0.4) is 0 Å². The highest BCUT2D eigenvalue weighted by Crippen LogP contribution is 2.38. The molecular weight excluding hydrogens is 474 g/mol. The van der Waals surface area contributed by atoms with E-state index in [0.29, 0.717) is 39.2 Å². The van der Waals surface area contributed by atoms with Crippen molar-refractivity contribution in [2.45, 2.75) is 25.9 Å². The molecule has 0 spiro atoms. The number of nitro benzene ring substituents is 1. The fourth-order valence-corrected chi connectivity index (χ4v) is 5.81. The number of rotatable bonds is 5. The number of fused-ring (bicyclic) bond motifs is 3. The number of hydrogen-bond acceptors (Lipinski definition) is 7. The summed E-state index contributed by atoms with van der Waals surface area (Å²) in [5.41, 5.74) is 3.13. The van der Waals surface area contributed by atoms with E-state index in [1.165, 1.54) is 5.56 Å². The quantitative estimate of drug-likeness (QED) is 0.453. The molecule has 2 amide bonds. The van der Waals surface area contributed by atoms with Crippen LogP contribution < -0.4 is 4.90 Å². The van der Waals surface area contributed by atoms with Gasteiger partial charge in [-0.1, -0.05) is 30.3 Å². The van der Waals surface area contributed by atoms with Crippen molar-refractivity contribution < 1.29 is 19.2 Å². The van der Waals surface area contributed by atoms with Crippen molar-refractivity contribution in [1.82, 2.24) is 14.7 Å². The van der Waals surface area contributed by atoms with E-state index in [4.69, 9.17) is 4.74 Å². The first-order valence-corrected chi connectivity index (χ1v) is 13.0. The predicted octanol–water partition coefficient (Wildman–Crippen LogP) is 2.76. The minimum Gasteiger partial charge on any atom is -0.450 e. The number of nitro groups is 1. The summed E-state index contributed by atoms with van der Waals surface area (Å²) in [6.07, 6.45) is 0.123. The highest BCUT2D eigenvalue weighted by atomic mass is 16.6. The van der Waals surface area contributed by atoms with E-state index in [2.05, 4.69) is 21.9 Å². The summed E-state index contributed by atoms with van der Waals surface area (Å²) in [4.78, 5) is 45.3. The number of nitrogens with zero attached hydrogens (tertiary/aromatic N) is 5. The molecule has 0 unspecified atom stereocenters. The maximum Gasteiger partial charge on any atom is 0.409 e. The average molecular weight is 508 g/mol. The number of non-ortho nitro benzene ring substituents is 1. The van der Waals surface area contributed by atoms with Crippen LogP contribution in [-0.4, -0.2) is 90.1 Å². The van der Waals surface area contributed by atoms with Crippen LogP contribution in [0.15, 0.2) is 48.5 Å². The molecule has 2 aromatic carbocycles. The molecule has 3 aliphatic rings. The number of amides is 2. The summed E-state index contributed by atoms with van der Waals surface area (Å²) >= 11 is 0. The zero-order valence-electron chi connectivity index (χ0n) is 21.1. The summed E-state index contributed by atoms with van der Waals surface area (Å²) < 4.78 is 5.11. The van der Waals surface area contributed by atoms with E-state index < -0.39 is 0 Å². The zero-order valence-corrected chi connectivity index (χ0v) is 21.1. The minimum atomic E-state index is -0.379. The Morgan fingerprint density at radius 3 is 2.43 bits per heavy atom. The van der Waals surface area contributed by atoms with Gasteiger partial charge < -0.3 is 19.4 Å². The normalized spacial score (nSPS) is 21.7. The van der Waals surface area contributed by atoms with Gasteiger partial charge in [-0.05, 0) is 30.5 Å². The molecule has 0 radical (unpaired) electrons. The van der Waals surface area contributed by atoms with Crippen molar-refractivity contribution in [3.8, 4) is 0 Å². The number of hydrogen-bond donors (Lipinski definition) is 0. The number of ether oxygens (including phenoxy) is 1. The molecule has 196 valence electrons. The van der Waals surface area contributed by atoms with Gasteiger partial charge in [0.1, 0.15) is 0 Å². The Hall–Kier alpha value is -3.66. The molecule has 37 heavy (non-hydrogen) atoms. The summed E-state index contributed by atoms with van der Waals surface area (Å²) in [6.45, 7) is 7.04. The molecule has 0 aromatic heterocycles. The number of anilines is 1. The van der Waals surface area contributed by atoms with Crippen LogP contribution in [0.2, 0.25) is 0 Å². The molecule has 2 atom stereocenters. The van der Waals surface area contributed by atoms with Crippen molar-refractivity contribution in [3.63, 3.8) is 0 Å². The molecule has 0 bridgehead atoms. The third kappa shape index (κ3) is 5.24. The van der Waals surface area contributed by atoms with Gasteiger partial charge in [0, 0.05) is 70.2 Å². The van der Waals surface area contributed by atoms with Gasteiger partial charge in [-0.25, -0.2) is 4.79 Å². The highest BCUT2D eigenvalue weighted by molar-refractivity contribution is 5.83. The Bertz CT molecular complexity index is 1150. The summed E-state index contributed by atoms with van der Waals surface area (Å²) in [6, 6.07) is 15.3. The van der Waals surface area contributed by atoms with E-state index >= 15 is 0 Å². The van der Waals surface area contributed by atoms with Gasteiger partial charge >= 0.3 is 6.09 Å². The predicted molar refractivity (Wildman–Crippen MR) is 138 cm³/mol. The monoisotopic (exact) mass is 507 g/mol. The number of piperazine rings is 2. The second-order valence-electron chi connectivity index (χ2n) is 9.87. The van der Waals surface area contributed by atoms with Crippen molar-refractivity contribution in [2.75, 3.05) is 57.3 Å². The summed E-state index contributed by atoms with van der Waals surface area (Å²) in [5.74, 6) is -0.264.